The molecule has 1 amide bonds. The molecule has 2 N–H and O–H groups in total. The van der Waals surface area contributed by atoms with Crippen molar-refractivity contribution in [3.63, 3.8) is 0 Å². The first-order chi connectivity index (χ1) is 20.3. The minimum atomic E-state index is -0.964. The molecule has 1 aromatic heterocycles. The summed E-state index contributed by atoms with van der Waals surface area (Å²) in [6.45, 7) is 1.97. The number of fused-ring (bicyclic) bond motifs is 1. The molecule has 5 aromatic rings. The van der Waals surface area contributed by atoms with E-state index in [2.05, 4.69) is 46.7 Å². The van der Waals surface area contributed by atoms with Crippen LogP contribution in [0, 0.1) is 6.92 Å². The number of halogens is 1. The van der Waals surface area contributed by atoms with Crippen LogP contribution in [0.15, 0.2) is 91.3 Å². The molecule has 2 heterocycles. The maximum Gasteiger partial charge on any atom is 0.307 e. The number of aliphatic carboxylic acids is 1. The minimum Gasteiger partial charge on any atom is -0.496 e. The fraction of sp³-hybridized carbons (Fsp3) is 0.0882. The monoisotopic (exact) mass is 575 g/mol. The summed E-state index contributed by atoms with van der Waals surface area (Å²) < 4.78 is 7.34. The number of ether oxygens (including phenoxy) is 1. The number of carboxylic acid groups (broad SMARTS) is 1. The molecule has 6 rings (SSSR count). The third kappa shape index (κ3) is 5.18. The van der Waals surface area contributed by atoms with Gasteiger partial charge in [-0.3, -0.25) is 9.59 Å². The van der Waals surface area contributed by atoms with Crippen molar-refractivity contribution in [3.05, 3.63) is 119 Å². The standard InChI is InChI=1S/C34H26ClN3O4/c1-20-36-13-14-38(20)26-10-8-23(9-11-26)22-4-6-24(7-5-22)27-18-28-29(34(41)37-31(28)19-30(27)35)16-21-3-12-32(42-2)25(15-21)17-33(39)40/h3-16,18-19H,17H2,1-2H3,(H,37,41)(H,39,40)/b29-16-. The van der Waals surface area contributed by atoms with Crippen LogP contribution in [0.25, 0.3) is 39.6 Å². The molecule has 0 saturated carbocycles. The summed E-state index contributed by atoms with van der Waals surface area (Å²) in [6, 6.07) is 25.4. The summed E-state index contributed by atoms with van der Waals surface area (Å²) in [5.41, 5.74) is 7.98. The highest BCUT2D eigenvalue weighted by Crippen LogP contribution is 2.41. The third-order valence-corrected chi connectivity index (χ3v) is 7.66. The number of hydrogen-bond donors (Lipinski definition) is 2. The minimum absolute atomic E-state index is 0.187. The van der Waals surface area contributed by atoms with Crippen molar-refractivity contribution in [1.29, 1.82) is 0 Å². The van der Waals surface area contributed by atoms with Gasteiger partial charge in [0.25, 0.3) is 5.91 Å². The molecule has 8 heteroatoms. The summed E-state index contributed by atoms with van der Waals surface area (Å²) in [5.74, 6) is 0.199. The van der Waals surface area contributed by atoms with E-state index in [1.807, 2.05) is 35.9 Å². The van der Waals surface area contributed by atoms with Gasteiger partial charge in [0, 0.05) is 40.3 Å². The Labute approximate surface area is 247 Å². The number of carbonyl (C=O) groups excluding carboxylic acids is 1. The zero-order valence-corrected chi connectivity index (χ0v) is 23.6. The van der Waals surface area contributed by atoms with E-state index in [4.69, 9.17) is 16.3 Å². The molecule has 0 bridgehead atoms. The second-order valence-corrected chi connectivity index (χ2v) is 10.4. The molecule has 208 valence electrons. The zero-order valence-electron chi connectivity index (χ0n) is 22.9. The van der Waals surface area contributed by atoms with Crippen molar-refractivity contribution in [2.24, 2.45) is 0 Å². The molecule has 1 aliphatic heterocycles. The fourth-order valence-electron chi connectivity index (χ4n) is 5.24. The molecule has 0 unspecified atom stereocenters. The van der Waals surface area contributed by atoms with E-state index >= 15 is 0 Å². The zero-order chi connectivity index (χ0) is 29.4. The van der Waals surface area contributed by atoms with Crippen LogP contribution < -0.4 is 10.1 Å². The van der Waals surface area contributed by atoms with Crippen LogP contribution in [0.5, 0.6) is 5.75 Å². The fourth-order valence-corrected chi connectivity index (χ4v) is 5.51. The second kappa shape index (κ2) is 11.0. The number of nitrogens with zero attached hydrogens (tertiary/aromatic N) is 2. The molecule has 42 heavy (non-hydrogen) atoms. The predicted octanol–water partition coefficient (Wildman–Crippen LogP) is 7.30. The van der Waals surface area contributed by atoms with Gasteiger partial charge in [-0.25, -0.2) is 4.98 Å². The third-order valence-electron chi connectivity index (χ3n) is 7.35. The van der Waals surface area contributed by atoms with Crippen LogP contribution in [0.1, 0.15) is 22.5 Å². The molecule has 0 fully saturated rings. The molecule has 4 aromatic carbocycles. The summed E-state index contributed by atoms with van der Waals surface area (Å²) in [5, 5.41) is 12.7. The van der Waals surface area contributed by atoms with Gasteiger partial charge in [-0.2, -0.15) is 0 Å². The van der Waals surface area contributed by atoms with Gasteiger partial charge >= 0.3 is 5.97 Å². The number of amides is 1. The first kappa shape index (κ1) is 27.1. The topological polar surface area (TPSA) is 93.5 Å². The molecule has 1 aliphatic rings. The predicted molar refractivity (Wildman–Crippen MR) is 165 cm³/mol. The molecule has 0 atom stereocenters. The van der Waals surface area contributed by atoms with Gasteiger partial charge in [-0.1, -0.05) is 54.1 Å². The number of rotatable bonds is 7. The highest BCUT2D eigenvalue weighted by Gasteiger charge is 2.26. The van der Waals surface area contributed by atoms with Crippen molar-refractivity contribution in [3.8, 4) is 33.7 Å². The smallest absolute Gasteiger partial charge is 0.307 e. The average molecular weight is 576 g/mol. The van der Waals surface area contributed by atoms with Crippen LogP contribution in [-0.4, -0.2) is 33.6 Å². The Bertz CT molecular complexity index is 1870. The van der Waals surface area contributed by atoms with E-state index in [0.29, 0.717) is 33.2 Å². The lowest BCUT2D eigenvalue weighted by Gasteiger charge is -2.11. The van der Waals surface area contributed by atoms with Crippen molar-refractivity contribution >= 4 is 40.8 Å². The van der Waals surface area contributed by atoms with Gasteiger partial charge in [-0.15, -0.1) is 0 Å². The molecule has 0 aliphatic carbocycles. The van der Waals surface area contributed by atoms with Crippen LogP contribution in [-0.2, 0) is 16.0 Å². The molecule has 7 nitrogen and oxygen atoms in total. The van der Waals surface area contributed by atoms with E-state index in [1.54, 1.807) is 36.5 Å². The largest absolute Gasteiger partial charge is 0.496 e. The maximum absolute atomic E-state index is 13.0. The molecule has 0 spiro atoms. The second-order valence-electron chi connectivity index (χ2n) is 10.0. The maximum atomic E-state index is 13.0. The highest BCUT2D eigenvalue weighted by molar-refractivity contribution is 6.38. The van der Waals surface area contributed by atoms with Crippen LogP contribution in [0.3, 0.4) is 0 Å². The quantitative estimate of drug-likeness (QED) is 0.199. The molecular weight excluding hydrogens is 550 g/mol. The number of aromatic nitrogens is 2. The Morgan fingerprint density at radius 3 is 2.31 bits per heavy atom. The number of benzene rings is 4. The van der Waals surface area contributed by atoms with E-state index in [1.165, 1.54) is 7.11 Å². The van der Waals surface area contributed by atoms with Crippen LogP contribution in [0.2, 0.25) is 5.02 Å². The average Bonchev–Trinajstić information content (AvgIpc) is 3.54. The lowest BCUT2D eigenvalue weighted by molar-refractivity contribution is -0.136. The summed E-state index contributed by atoms with van der Waals surface area (Å²) >= 11 is 6.69. The van der Waals surface area contributed by atoms with Gasteiger partial charge < -0.3 is 19.7 Å². The lowest BCUT2D eigenvalue weighted by Crippen LogP contribution is -2.04. The Morgan fingerprint density at radius 2 is 1.67 bits per heavy atom. The van der Waals surface area contributed by atoms with E-state index in [-0.39, 0.29) is 12.3 Å². The Kier molecular flexibility index (Phi) is 7.10. The van der Waals surface area contributed by atoms with Crippen LogP contribution in [0.4, 0.5) is 5.69 Å². The van der Waals surface area contributed by atoms with Gasteiger partial charge in [0.05, 0.1) is 24.2 Å². The number of nitrogens with one attached hydrogen (secondary N) is 1. The van der Waals surface area contributed by atoms with Crippen LogP contribution >= 0.6 is 11.6 Å². The van der Waals surface area contributed by atoms with Crippen molar-refractivity contribution in [2.75, 3.05) is 12.4 Å². The molecule has 0 radical (unpaired) electrons. The number of anilines is 1. The first-order valence-electron chi connectivity index (χ1n) is 13.3. The number of methoxy groups -OCH3 is 1. The van der Waals surface area contributed by atoms with E-state index < -0.39 is 5.97 Å². The van der Waals surface area contributed by atoms with E-state index in [9.17, 15) is 14.7 Å². The van der Waals surface area contributed by atoms with Gasteiger partial charge in [0.2, 0.25) is 0 Å². The van der Waals surface area contributed by atoms with Gasteiger partial charge in [0.1, 0.15) is 11.6 Å². The number of carbonyl (C=O) groups is 2. The number of aryl methyl sites for hydroxylation is 1. The highest BCUT2D eigenvalue weighted by atomic mass is 35.5. The van der Waals surface area contributed by atoms with E-state index in [0.717, 1.165) is 39.3 Å². The van der Waals surface area contributed by atoms with Crippen molar-refractivity contribution in [1.82, 2.24) is 9.55 Å². The Hall–Kier alpha value is -5.14. The van der Waals surface area contributed by atoms with Gasteiger partial charge in [0.15, 0.2) is 0 Å². The van der Waals surface area contributed by atoms with Crippen molar-refractivity contribution < 1.29 is 19.4 Å². The first-order valence-corrected chi connectivity index (χ1v) is 13.7. The number of carboxylic acids is 1. The molecular formula is C34H26ClN3O4. The Balaban J connectivity index is 1.30. The summed E-state index contributed by atoms with van der Waals surface area (Å²) in [7, 11) is 1.50. The Morgan fingerprint density at radius 1 is 0.976 bits per heavy atom. The number of hydrogen-bond acceptors (Lipinski definition) is 4. The summed E-state index contributed by atoms with van der Waals surface area (Å²) in [6.07, 6.45) is 5.29. The summed E-state index contributed by atoms with van der Waals surface area (Å²) in [4.78, 5) is 28.6. The SMILES string of the molecule is COc1ccc(/C=C2\C(=O)Nc3cc(Cl)c(-c4ccc(-c5ccc(-n6ccnc6C)cc5)cc4)cc32)cc1CC(=O)O. The van der Waals surface area contributed by atoms with Crippen molar-refractivity contribution in [2.45, 2.75) is 13.3 Å². The normalized spacial score (nSPS) is 13.2. The number of imidazole rings is 1. The molecule has 0 saturated heterocycles. The van der Waals surface area contributed by atoms with Gasteiger partial charge in [-0.05, 0) is 71.7 Å². The lowest BCUT2D eigenvalue weighted by atomic mass is 9.96.